The highest BCUT2D eigenvalue weighted by Crippen LogP contribution is 2.25. The van der Waals surface area contributed by atoms with E-state index in [9.17, 15) is 0 Å². The third kappa shape index (κ3) is 1.85. The highest BCUT2D eigenvalue weighted by molar-refractivity contribution is 5.84. The summed E-state index contributed by atoms with van der Waals surface area (Å²) in [7, 11) is 0. The van der Waals surface area contributed by atoms with Crippen molar-refractivity contribution in [3.8, 4) is 0 Å². The van der Waals surface area contributed by atoms with E-state index >= 15 is 0 Å². The lowest BCUT2D eigenvalue weighted by Crippen LogP contribution is -2.03. The smallest absolute Gasteiger partial charge is 0.0488 e. The zero-order chi connectivity index (χ0) is 11.7. The summed E-state index contributed by atoms with van der Waals surface area (Å²) in [5.74, 6) is 0. The highest BCUT2D eigenvalue weighted by Gasteiger charge is 2.08. The van der Waals surface area contributed by atoms with Crippen LogP contribution in [0.4, 0.5) is 0 Å². The third-order valence-corrected chi connectivity index (χ3v) is 3.09. The number of fused-ring (bicyclic) bond motifs is 1. The number of nitrogens with two attached hydrogens (primary N) is 1. The fraction of sp³-hybridized carbons (Fsp3) is 0.429. The Bertz CT molecular complexity index is 495. The number of nitrogens with zero attached hydrogens (tertiary/aromatic N) is 1. The molecule has 16 heavy (non-hydrogen) atoms. The Morgan fingerprint density at radius 2 is 2.06 bits per heavy atom. The Morgan fingerprint density at radius 3 is 2.69 bits per heavy atom. The molecule has 0 spiro atoms. The van der Waals surface area contributed by atoms with Crippen LogP contribution in [0.25, 0.3) is 10.9 Å². The molecular formula is C14H20N2. The molecule has 0 atom stereocenters. The van der Waals surface area contributed by atoms with Crippen LogP contribution in [0.5, 0.6) is 0 Å². The van der Waals surface area contributed by atoms with Crippen molar-refractivity contribution in [1.29, 1.82) is 0 Å². The summed E-state index contributed by atoms with van der Waals surface area (Å²) in [5, 5.41) is 1.36. The summed E-state index contributed by atoms with van der Waals surface area (Å²) in [6, 6.07) is 7.18. The fourth-order valence-corrected chi connectivity index (χ4v) is 2.22. The molecular weight excluding hydrogens is 196 g/mol. The van der Waals surface area contributed by atoms with Crippen LogP contribution < -0.4 is 5.73 Å². The maximum Gasteiger partial charge on any atom is 0.0488 e. The molecule has 0 amide bonds. The number of hydrogen-bond acceptors (Lipinski definition) is 1. The summed E-state index contributed by atoms with van der Waals surface area (Å²) >= 11 is 0. The van der Waals surface area contributed by atoms with Gasteiger partial charge >= 0.3 is 0 Å². The van der Waals surface area contributed by atoms with Crippen LogP contribution in [-0.2, 0) is 6.42 Å². The standard InChI is InChI=1S/C14H20N2/c1-10(2)16-9-11(3)13-5-4-12(6-7-15)8-14(13)16/h4-5,8-10H,6-7,15H2,1-3H3. The van der Waals surface area contributed by atoms with Crippen LogP contribution in [0.3, 0.4) is 0 Å². The van der Waals surface area contributed by atoms with Gasteiger partial charge in [0.1, 0.15) is 0 Å². The lowest BCUT2D eigenvalue weighted by Gasteiger charge is -2.10. The summed E-state index contributed by atoms with van der Waals surface area (Å²) < 4.78 is 2.34. The van der Waals surface area contributed by atoms with Gasteiger partial charge in [0, 0.05) is 23.1 Å². The lowest BCUT2D eigenvalue weighted by molar-refractivity contribution is 0.621. The van der Waals surface area contributed by atoms with Gasteiger partial charge in [0.2, 0.25) is 0 Å². The average Bonchev–Trinajstić information content (AvgIpc) is 2.57. The molecule has 2 nitrogen and oxygen atoms in total. The second kappa shape index (κ2) is 4.30. The van der Waals surface area contributed by atoms with E-state index in [-0.39, 0.29) is 0 Å². The predicted octanol–water partition coefficient (Wildman–Crippen LogP) is 3.03. The molecule has 1 aromatic carbocycles. The van der Waals surface area contributed by atoms with Gasteiger partial charge < -0.3 is 10.3 Å². The largest absolute Gasteiger partial charge is 0.345 e. The van der Waals surface area contributed by atoms with Gasteiger partial charge in [-0.05, 0) is 50.9 Å². The van der Waals surface area contributed by atoms with Crippen molar-refractivity contribution < 1.29 is 0 Å². The molecule has 86 valence electrons. The van der Waals surface area contributed by atoms with Crippen LogP contribution in [0.1, 0.15) is 31.0 Å². The quantitative estimate of drug-likeness (QED) is 0.840. The topological polar surface area (TPSA) is 30.9 Å². The van der Waals surface area contributed by atoms with E-state index in [4.69, 9.17) is 5.73 Å². The predicted molar refractivity (Wildman–Crippen MR) is 69.8 cm³/mol. The summed E-state index contributed by atoms with van der Waals surface area (Å²) in [6.45, 7) is 7.32. The van der Waals surface area contributed by atoms with Crippen molar-refractivity contribution in [2.45, 2.75) is 33.2 Å². The fourth-order valence-electron chi connectivity index (χ4n) is 2.22. The molecule has 0 saturated heterocycles. The molecule has 2 aromatic rings. The monoisotopic (exact) mass is 216 g/mol. The van der Waals surface area contributed by atoms with Crippen molar-refractivity contribution in [2.24, 2.45) is 5.73 Å². The Labute approximate surface area is 97.1 Å². The van der Waals surface area contributed by atoms with Crippen molar-refractivity contribution in [3.63, 3.8) is 0 Å². The summed E-state index contributed by atoms with van der Waals surface area (Å²) in [5.41, 5.74) is 9.61. The minimum atomic E-state index is 0.504. The van der Waals surface area contributed by atoms with Gasteiger partial charge in [0.05, 0.1) is 0 Å². The molecule has 0 aliphatic carbocycles. The molecule has 2 rings (SSSR count). The molecule has 0 radical (unpaired) electrons. The van der Waals surface area contributed by atoms with Gasteiger partial charge in [-0.2, -0.15) is 0 Å². The Kier molecular flexibility index (Phi) is 3.01. The molecule has 1 aromatic heterocycles. The first kappa shape index (κ1) is 11.2. The van der Waals surface area contributed by atoms with Crippen LogP contribution in [0, 0.1) is 6.92 Å². The average molecular weight is 216 g/mol. The molecule has 0 aliphatic heterocycles. The number of aromatic nitrogens is 1. The van der Waals surface area contributed by atoms with Crippen LogP contribution >= 0.6 is 0 Å². The third-order valence-electron chi connectivity index (χ3n) is 3.09. The first-order valence-corrected chi connectivity index (χ1v) is 5.93. The highest BCUT2D eigenvalue weighted by atomic mass is 15.0. The van der Waals surface area contributed by atoms with E-state index in [0.29, 0.717) is 12.6 Å². The minimum absolute atomic E-state index is 0.504. The second-order valence-corrected chi connectivity index (χ2v) is 4.70. The number of aryl methyl sites for hydroxylation is 1. The molecule has 0 fully saturated rings. The van der Waals surface area contributed by atoms with E-state index in [1.807, 2.05) is 0 Å². The van der Waals surface area contributed by atoms with Crippen molar-refractivity contribution >= 4 is 10.9 Å². The molecule has 0 aliphatic rings. The van der Waals surface area contributed by atoms with Crippen LogP contribution in [0.15, 0.2) is 24.4 Å². The summed E-state index contributed by atoms with van der Waals surface area (Å²) in [4.78, 5) is 0. The molecule has 0 saturated carbocycles. The minimum Gasteiger partial charge on any atom is -0.345 e. The summed E-state index contributed by atoms with van der Waals surface area (Å²) in [6.07, 6.45) is 3.19. The molecule has 1 heterocycles. The Morgan fingerprint density at radius 1 is 1.31 bits per heavy atom. The van der Waals surface area contributed by atoms with Crippen molar-refractivity contribution in [3.05, 3.63) is 35.5 Å². The normalized spacial score (nSPS) is 11.6. The SMILES string of the molecule is Cc1cn(C(C)C)c2cc(CCN)ccc12. The Balaban J connectivity index is 2.60. The molecule has 2 heteroatoms. The van der Waals surface area contributed by atoms with Crippen LogP contribution in [0.2, 0.25) is 0 Å². The molecule has 0 unspecified atom stereocenters. The Hall–Kier alpha value is -1.28. The lowest BCUT2D eigenvalue weighted by atomic mass is 10.1. The molecule has 2 N–H and O–H groups in total. The van der Waals surface area contributed by atoms with E-state index in [1.54, 1.807) is 0 Å². The van der Waals surface area contributed by atoms with E-state index in [2.05, 4.69) is 49.7 Å². The maximum atomic E-state index is 5.60. The molecule has 0 bridgehead atoms. The van der Waals surface area contributed by atoms with Gasteiger partial charge in [-0.1, -0.05) is 12.1 Å². The number of rotatable bonds is 3. The van der Waals surface area contributed by atoms with Gasteiger partial charge in [-0.15, -0.1) is 0 Å². The zero-order valence-corrected chi connectivity index (χ0v) is 10.3. The number of benzene rings is 1. The van der Waals surface area contributed by atoms with E-state index in [1.165, 1.54) is 22.0 Å². The van der Waals surface area contributed by atoms with E-state index in [0.717, 1.165) is 6.42 Å². The van der Waals surface area contributed by atoms with Gasteiger partial charge in [-0.3, -0.25) is 0 Å². The van der Waals surface area contributed by atoms with Gasteiger partial charge in [-0.25, -0.2) is 0 Å². The first-order valence-electron chi connectivity index (χ1n) is 5.93. The second-order valence-electron chi connectivity index (χ2n) is 4.70. The maximum absolute atomic E-state index is 5.60. The van der Waals surface area contributed by atoms with Crippen LogP contribution in [-0.4, -0.2) is 11.1 Å². The van der Waals surface area contributed by atoms with Gasteiger partial charge in [0.15, 0.2) is 0 Å². The van der Waals surface area contributed by atoms with E-state index < -0.39 is 0 Å². The van der Waals surface area contributed by atoms with Gasteiger partial charge in [0.25, 0.3) is 0 Å². The number of hydrogen-bond donors (Lipinski definition) is 1. The first-order chi connectivity index (χ1) is 7.63. The van der Waals surface area contributed by atoms with Crippen molar-refractivity contribution in [1.82, 2.24) is 4.57 Å². The van der Waals surface area contributed by atoms with Crippen molar-refractivity contribution in [2.75, 3.05) is 6.54 Å². The zero-order valence-electron chi connectivity index (χ0n) is 10.3.